The third-order valence-electron chi connectivity index (χ3n) is 4.79. The van der Waals surface area contributed by atoms with Crippen LogP contribution < -0.4 is 5.32 Å². The van der Waals surface area contributed by atoms with Crippen LogP contribution in [0.5, 0.6) is 0 Å². The standard InChI is InChI=1S/C20H26N4O4/c1-3-27-20(26)24-12-10-15(11-13-24)21-17(25)8-9-18-22-23-19(28-18)16-7-5-4-6-14(16)2/h4-7,15H,3,8-13H2,1-2H3,(H,21,25). The van der Waals surface area contributed by atoms with Gasteiger partial charge >= 0.3 is 6.09 Å². The number of hydrogen-bond donors (Lipinski definition) is 1. The molecule has 8 nitrogen and oxygen atoms in total. The molecule has 0 radical (unpaired) electrons. The third kappa shape index (κ3) is 5.09. The van der Waals surface area contributed by atoms with Crippen molar-refractivity contribution in [2.75, 3.05) is 19.7 Å². The second-order valence-corrected chi connectivity index (χ2v) is 6.84. The van der Waals surface area contributed by atoms with E-state index in [-0.39, 0.29) is 24.5 Å². The number of rotatable bonds is 6. The summed E-state index contributed by atoms with van der Waals surface area (Å²) in [5.74, 6) is 0.871. The van der Waals surface area contributed by atoms with E-state index in [4.69, 9.17) is 9.15 Å². The molecule has 8 heteroatoms. The predicted octanol–water partition coefficient (Wildman–Crippen LogP) is 2.71. The molecule has 1 aliphatic rings. The summed E-state index contributed by atoms with van der Waals surface area (Å²) in [5, 5.41) is 11.1. The van der Waals surface area contributed by atoms with Gasteiger partial charge in [0.05, 0.1) is 6.61 Å². The summed E-state index contributed by atoms with van der Waals surface area (Å²) in [7, 11) is 0. The average Bonchev–Trinajstić information content (AvgIpc) is 3.16. The minimum atomic E-state index is -0.284. The predicted molar refractivity (Wildman–Crippen MR) is 103 cm³/mol. The number of aryl methyl sites for hydroxylation is 2. The lowest BCUT2D eigenvalue weighted by molar-refractivity contribution is -0.122. The van der Waals surface area contributed by atoms with Gasteiger partial charge in [-0.2, -0.15) is 0 Å². The Hall–Kier alpha value is -2.90. The molecule has 1 fully saturated rings. The molecule has 1 N–H and O–H groups in total. The molecule has 1 saturated heterocycles. The number of ether oxygens (including phenoxy) is 1. The first-order valence-corrected chi connectivity index (χ1v) is 9.66. The molecule has 2 amide bonds. The summed E-state index contributed by atoms with van der Waals surface area (Å²) in [4.78, 5) is 25.6. The number of nitrogens with zero attached hydrogens (tertiary/aromatic N) is 3. The molecule has 150 valence electrons. The Morgan fingerprint density at radius 1 is 1.25 bits per heavy atom. The van der Waals surface area contributed by atoms with Gasteiger partial charge in [-0.05, 0) is 38.3 Å². The summed E-state index contributed by atoms with van der Waals surface area (Å²) < 4.78 is 10.7. The molecule has 0 saturated carbocycles. The summed E-state index contributed by atoms with van der Waals surface area (Å²) >= 11 is 0. The summed E-state index contributed by atoms with van der Waals surface area (Å²) in [5.41, 5.74) is 1.96. The molecular weight excluding hydrogens is 360 g/mol. The molecule has 1 aliphatic heterocycles. The highest BCUT2D eigenvalue weighted by molar-refractivity contribution is 5.76. The third-order valence-corrected chi connectivity index (χ3v) is 4.79. The number of benzene rings is 1. The highest BCUT2D eigenvalue weighted by atomic mass is 16.6. The molecule has 0 aliphatic carbocycles. The first-order valence-electron chi connectivity index (χ1n) is 9.66. The van der Waals surface area contributed by atoms with E-state index in [1.165, 1.54) is 0 Å². The van der Waals surface area contributed by atoms with Crippen LogP contribution in [0.15, 0.2) is 28.7 Å². The largest absolute Gasteiger partial charge is 0.450 e. The Morgan fingerprint density at radius 3 is 2.71 bits per heavy atom. The molecule has 0 unspecified atom stereocenters. The number of carbonyl (C=O) groups is 2. The van der Waals surface area contributed by atoms with Gasteiger partial charge in [0.1, 0.15) is 0 Å². The molecule has 1 aromatic heterocycles. The number of aromatic nitrogens is 2. The zero-order valence-electron chi connectivity index (χ0n) is 16.3. The van der Waals surface area contributed by atoms with Crippen molar-refractivity contribution in [2.45, 2.75) is 45.6 Å². The van der Waals surface area contributed by atoms with Crippen LogP contribution >= 0.6 is 0 Å². The van der Waals surface area contributed by atoms with Gasteiger partial charge in [0.15, 0.2) is 0 Å². The van der Waals surface area contributed by atoms with Crippen LogP contribution in [0.2, 0.25) is 0 Å². The SMILES string of the molecule is CCOC(=O)N1CCC(NC(=O)CCc2nnc(-c3ccccc3C)o2)CC1. The lowest BCUT2D eigenvalue weighted by Crippen LogP contribution is -2.46. The van der Waals surface area contributed by atoms with E-state index in [0.717, 1.165) is 24.0 Å². The van der Waals surface area contributed by atoms with E-state index in [2.05, 4.69) is 15.5 Å². The topological polar surface area (TPSA) is 97.6 Å². The first kappa shape index (κ1) is 19.9. The maximum absolute atomic E-state index is 12.2. The van der Waals surface area contributed by atoms with E-state index in [9.17, 15) is 9.59 Å². The Labute approximate surface area is 164 Å². The fraction of sp³-hybridized carbons (Fsp3) is 0.500. The van der Waals surface area contributed by atoms with Gasteiger partial charge in [0.25, 0.3) is 0 Å². The molecule has 2 aromatic rings. The van der Waals surface area contributed by atoms with Crippen LogP contribution in [0.3, 0.4) is 0 Å². The smallest absolute Gasteiger partial charge is 0.409 e. The zero-order valence-corrected chi connectivity index (χ0v) is 16.3. The van der Waals surface area contributed by atoms with Gasteiger partial charge in [-0.25, -0.2) is 4.79 Å². The van der Waals surface area contributed by atoms with Gasteiger partial charge in [-0.15, -0.1) is 10.2 Å². The van der Waals surface area contributed by atoms with E-state index in [1.54, 1.807) is 11.8 Å². The minimum absolute atomic E-state index is 0.0507. The number of likely N-dealkylation sites (tertiary alicyclic amines) is 1. The van der Waals surface area contributed by atoms with Crippen molar-refractivity contribution in [1.82, 2.24) is 20.4 Å². The van der Waals surface area contributed by atoms with Crippen LogP contribution in [0.4, 0.5) is 4.79 Å². The molecule has 0 spiro atoms. The molecule has 28 heavy (non-hydrogen) atoms. The Balaban J connectivity index is 1.43. The number of piperidine rings is 1. The average molecular weight is 386 g/mol. The van der Waals surface area contributed by atoms with E-state index < -0.39 is 0 Å². The first-order chi connectivity index (χ1) is 13.6. The summed E-state index contributed by atoms with van der Waals surface area (Å²) in [6.45, 7) is 5.33. The van der Waals surface area contributed by atoms with Crippen LogP contribution in [0, 0.1) is 6.92 Å². The second kappa shape index (κ2) is 9.34. The number of carbonyl (C=O) groups excluding carboxylic acids is 2. The zero-order chi connectivity index (χ0) is 19.9. The van der Waals surface area contributed by atoms with Crippen LogP contribution in [-0.2, 0) is 16.0 Å². The molecule has 2 heterocycles. The van der Waals surface area contributed by atoms with Gasteiger partial charge in [-0.3, -0.25) is 4.79 Å². The van der Waals surface area contributed by atoms with E-state index in [0.29, 0.717) is 37.9 Å². The molecule has 3 rings (SSSR count). The van der Waals surface area contributed by atoms with Crippen LogP contribution in [-0.4, -0.2) is 52.8 Å². The van der Waals surface area contributed by atoms with Gasteiger partial charge < -0.3 is 19.4 Å². The van der Waals surface area contributed by atoms with Crippen molar-refractivity contribution >= 4 is 12.0 Å². The Bertz CT molecular complexity index is 812. The van der Waals surface area contributed by atoms with Gasteiger partial charge in [0, 0.05) is 37.5 Å². The number of amides is 2. The monoisotopic (exact) mass is 386 g/mol. The van der Waals surface area contributed by atoms with Crippen LogP contribution in [0.25, 0.3) is 11.5 Å². The van der Waals surface area contributed by atoms with E-state index >= 15 is 0 Å². The fourth-order valence-corrected chi connectivity index (χ4v) is 3.22. The summed E-state index contributed by atoms with van der Waals surface area (Å²) in [6.07, 6.45) is 1.85. The Kier molecular flexibility index (Phi) is 6.62. The fourth-order valence-electron chi connectivity index (χ4n) is 3.22. The highest BCUT2D eigenvalue weighted by Crippen LogP contribution is 2.21. The van der Waals surface area contributed by atoms with Crippen molar-refractivity contribution in [3.63, 3.8) is 0 Å². The lowest BCUT2D eigenvalue weighted by atomic mass is 10.1. The Morgan fingerprint density at radius 2 is 2.00 bits per heavy atom. The van der Waals surface area contributed by atoms with Gasteiger partial charge in [-0.1, -0.05) is 18.2 Å². The normalized spacial score (nSPS) is 14.7. The maximum Gasteiger partial charge on any atom is 0.409 e. The van der Waals surface area contributed by atoms with Crippen molar-refractivity contribution in [2.24, 2.45) is 0 Å². The molecular formula is C20H26N4O4. The minimum Gasteiger partial charge on any atom is -0.450 e. The van der Waals surface area contributed by atoms with Crippen molar-refractivity contribution in [3.05, 3.63) is 35.7 Å². The van der Waals surface area contributed by atoms with Gasteiger partial charge in [0.2, 0.25) is 17.7 Å². The van der Waals surface area contributed by atoms with Crippen molar-refractivity contribution < 1.29 is 18.7 Å². The highest BCUT2D eigenvalue weighted by Gasteiger charge is 2.24. The number of nitrogens with one attached hydrogen (secondary N) is 1. The van der Waals surface area contributed by atoms with Crippen molar-refractivity contribution in [3.8, 4) is 11.5 Å². The lowest BCUT2D eigenvalue weighted by Gasteiger charge is -2.31. The quantitative estimate of drug-likeness (QED) is 0.820. The number of hydrogen-bond acceptors (Lipinski definition) is 6. The molecule has 0 atom stereocenters. The maximum atomic E-state index is 12.2. The summed E-state index contributed by atoms with van der Waals surface area (Å²) in [6, 6.07) is 7.87. The molecule has 1 aromatic carbocycles. The van der Waals surface area contributed by atoms with Crippen molar-refractivity contribution in [1.29, 1.82) is 0 Å². The molecule has 0 bridgehead atoms. The van der Waals surface area contributed by atoms with Crippen LogP contribution in [0.1, 0.15) is 37.6 Å². The second-order valence-electron chi connectivity index (χ2n) is 6.84. The van der Waals surface area contributed by atoms with E-state index in [1.807, 2.05) is 31.2 Å².